The Bertz CT molecular complexity index is 245. The van der Waals surface area contributed by atoms with Crippen LogP contribution < -0.4 is 5.32 Å². The predicted molar refractivity (Wildman–Crippen MR) is 50.9 cm³/mol. The molecule has 1 aliphatic heterocycles. The number of hydrogen-bond acceptors (Lipinski definition) is 3. The number of hydrogen-bond donors (Lipinski definition) is 1. The lowest BCUT2D eigenvalue weighted by Crippen LogP contribution is -2.52. The lowest BCUT2D eigenvalue weighted by atomic mass is 10.2. The molecular formula is C9H15F3N2O2. The van der Waals surface area contributed by atoms with Gasteiger partial charge in [0.05, 0.1) is 0 Å². The zero-order chi connectivity index (χ0) is 12.2. The average molecular weight is 240 g/mol. The lowest BCUT2D eigenvalue weighted by Gasteiger charge is -2.31. The summed E-state index contributed by atoms with van der Waals surface area (Å²) in [5.74, 6) is -0.391. The van der Waals surface area contributed by atoms with Crippen LogP contribution in [0.5, 0.6) is 0 Å². The summed E-state index contributed by atoms with van der Waals surface area (Å²) in [6.07, 6.45) is -4.38. The van der Waals surface area contributed by atoms with E-state index in [1.54, 1.807) is 0 Å². The van der Waals surface area contributed by atoms with E-state index < -0.39 is 25.3 Å². The van der Waals surface area contributed by atoms with Crippen molar-refractivity contribution in [1.29, 1.82) is 0 Å². The van der Waals surface area contributed by atoms with Gasteiger partial charge in [-0.3, -0.25) is 4.79 Å². The van der Waals surface area contributed by atoms with E-state index in [1.807, 2.05) is 6.92 Å². The van der Waals surface area contributed by atoms with E-state index in [-0.39, 0.29) is 6.04 Å². The Labute approximate surface area is 91.7 Å². The molecule has 0 unspecified atom stereocenters. The third-order valence-electron chi connectivity index (χ3n) is 2.21. The van der Waals surface area contributed by atoms with Gasteiger partial charge in [0.15, 0.2) is 0 Å². The van der Waals surface area contributed by atoms with Gasteiger partial charge in [0.2, 0.25) is 5.91 Å². The van der Waals surface area contributed by atoms with Crippen molar-refractivity contribution in [2.45, 2.75) is 19.1 Å². The largest absolute Gasteiger partial charge is 0.411 e. The molecule has 0 bridgehead atoms. The molecule has 0 aromatic rings. The highest BCUT2D eigenvalue weighted by Gasteiger charge is 2.28. The van der Waals surface area contributed by atoms with Gasteiger partial charge < -0.3 is 15.0 Å². The van der Waals surface area contributed by atoms with E-state index in [2.05, 4.69) is 10.1 Å². The van der Waals surface area contributed by atoms with E-state index in [0.717, 1.165) is 0 Å². The summed E-state index contributed by atoms with van der Waals surface area (Å²) >= 11 is 0. The van der Waals surface area contributed by atoms with Crippen LogP contribution in [-0.2, 0) is 9.53 Å². The first kappa shape index (κ1) is 13.2. The second-order valence-corrected chi connectivity index (χ2v) is 3.80. The van der Waals surface area contributed by atoms with Crippen LogP contribution in [0.15, 0.2) is 0 Å². The van der Waals surface area contributed by atoms with E-state index >= 15 is 0 Å². The van der Waals surface area contributed by atoms with Gasteiger partial charge in [-0.2, -0.15) is 13.2 Å². The number of carbonyl (C=O) groups excluding carboxylic acids is 1. The molecule has 1 saturated heterocycles. The molecule has 94 valence electrons. The van der Waals surface area contributed by atoms with Crippen LogP contribution in [-0.4, -0.2) is 55.9 Å². The van der Waals surface area contributed by atoms with Gasteiger partial charge in [0.25, 0.3) is 0 Å². The number of nitrogens with zero attached hydrogens (tertiary/aromatic N) is 1. The summed E-state index contributed by atoms with van der Waals surface area (Å²) in [6, 6.07) is 0.167. The first-order valence-corrected chi connectivity index (χ1v) is 5.04. The molecule has 1 fully saturated rings. The molecular weight excluding hydrogens is 225 g/mol. The zero-order valence-corrected chi connectivity index (χ0v) is 9.01. The maximum absolute atomic E-state index is 11.8. The van der Waals surface area contributed by atoms with Crippen LogP contribution >= 0.6 is 0 Å². The molecule has 0 aliphatic carbocycles. The molecule has 0 saturated carbocycles. The maximum atomic E-state index is 11.8. The minimum Gasteiger partial charge on any atom is -0.362 e. The molecule has 0 aromatic carbocycles. The van der Waals surface area contributed by atoms with Crippen molar-refractivity contribution in [1.82, 2.24) is 10.2 Å². The van der Waals surface area contributed by atoms with Gasteiger partial charge in [0, 0.05) is 25.7 Å². The summed E-state index contributed by atoms with van der Waals surface area (Å²) in [6.45, 7) is 1.71. The summed E-state index contributed by atoms with van der Waals surface area (Å²) in [7, 11) is 0. The van der Waals surface area contributed by atoms with Crippen molar-refractivity contribution in [2.75, 3.05) is 32.8 Å². The summed E-state index contributed by atoms with van der Waals surface area (Å²) < 4.78 is 39.6. The van der Waals surface area contributed by atoms with Gasteiger partial charge in [-0.15, -0.1) is 0 Å². The molecule has 1 heterocycles. The number of amides is 1. The van der Waals surface area contributed by atoms with E-state index in [1.165, 1.54) is 4.90 Å². The summed E-state index contributed by atoms with van der Waals surface area (Å²) in [5.41, 5.74) is 0. The van der Waals surface area contributed by atoms with Crippen molar-refractivity contribution < 1.29 is 22.7 Å². The Morgan fingerprint density at radius 2 is 2.25 bits per heavy atom. The quantitative estimate of drug-likeness (QED) is 0.775. The summed E-state index contributed by atoms with van der Waals surface area (Å²) in [5, 5.41) is 3.13. The van der Waals surface area contributed by atoms with Gasteiger partial charge in [-0.1, -0.05) is 0 Å². The van der Waals surface area contributed by atoms with E-state index in [4.69, 9.17) is 0 Å². The second-order valence-electron chi connectivity index (χ2n) is 3.80. The number of rotatable bonds is 3. The standard InChI is InChI=1S/C9H15F3N2O2/c1-7-4-14(3-2-13-7)8(15)5-16-6-9(10,11)12/h7,13H,2-6H2,1H3/t7-/m1/s1. The van der Waals surface area contributed by atoms with E-state index in [0.29, 0.717) is 19.6 Å². The lowest BCUT2D eigenvalue weighted by molar-refractivity contribution is -0.178. The Balaban J connectivity index is 2.24. The molecule has 4 nitrogen and oxygen atoms in total. The van der Waals surface area contributed by atoms with Crippen molar-refractivity contribution in [3.63, 3.8) is 0 Å². The van der Waals surface area contributed by atoms with Crippen LogP contribution in [0.4, 0.5) is 13.2 Å². The Kier molecular flexibility index (Phi) is 4.55. The number of ether oxygens (including phenoxy) is 1. The molecule has 16 heavy (non-hydrogen) atoms. The molecule has 0 spiro atoms. The highest BCUT2D eigenvalue weighted by molar-refractivity contribution is 5.77. The van der Waals surface area contributed by atoms with Crippen LogP contribution in [0.25, 0.3) is 0 Å². The molecule has 0 radical (unpaired) electrons. The maximum Gasteiger partial charge on any atom is 0.411 e. The number of carbonyl (C=O) groups is 1. The van der Waals surface area contributed by atoms with E-state index in [9.17, 15) is 18.0 Å². The molecule has 1 aliphatic rings. The van der Waals surface area contributed by atoms with Gasteiger partial charge in [0.1, 0.15) is 13.2 Å². The monoisotopic (exact) mass is 240 g/mol. The fourth-order valence-corrected chi connectivity index (χ4v) is 1.50. The first-order chi connectivity index (χ1) is 7.38. The number of piperazine rings is 1. The second kappa shape index (κ2) is 5.49. The fourth-order valence-electron chi connectivity index (χ4n) is 1.50. The minimum atomic E-state index is -4.38. The van der Waals surface area contributed by atoms with Crippen LogP contribution in [0.1, 0.15) is 6.92 Å². The van der Waals surface area contributed by atoms with Gasteiger partial charge >= 0.3 is 6.18 Å². The highest BCUT2D eigenvalue weighted by Crippen LogP contribution is 2.14. The van der Waals surface area contributed by atoms with Gasteiger partial charge in [-0.25, -0.2) is 0 Å². The molecule has 1 rings (SSSR count). The normalized spacial score (nSPS) is 22.2. The average Bonchev–Trinajstić information content (AvgIpc) is 2.15. The SMILES string of the molecule is C[C@@H]1CN(C(=O)COCC(F)(F)F)CCN1. The molecule has 1 N–H and O–H groups in total. The van der Waals surface area contributed by atoms with Crippen LogP contribution in [0, 0.1) is 0 Å². The zero-order valence-electron chi connectivity index (χ0n) is 9.01. The third-order valence-corrected chi connectivity index (χ3v) is 2.21. The molecule has 7 heteroatoms. The Hall–Kier alpha value is -0.820. The van der Waals surface area contributed by atoms with Crippen molar-refractivity contribution in [3.05, 3.63) is 0 Å². The molecule has 1 atom stereocenters. The first-order valence-electron chi connectivity index (χ1n) is 5.04. The molecule has 1 amide bonds. The number of halogens is 3. The Morgan fingerprint density at radius 3 is 2.81 bits per heavy atom. The molecule has 0 aromatic heterocycles. The summed E-state index contributed by atoms with van der Waals surface area (Å²) in [4.78, 5) is 12.9. The van der Waals surface area contributed by atoms with Crippen molar-refractivity contribution in [2.24, 2.45) is 0 Å². The number of alkyl halides is 3. The number of nitrogens with one attached hydrogen (secondary N) is 1. The predicted octanol–water partition coefficient (Wildman–Crippen LogP) is 0.386. The highest BCUT2D eigenvalue weighted by atomic mass is 19.4. The smallest absolute Gasteiger partial charge is 0.362 e. The topological polar surface area (TPSA) is 41.6 Å². The minimum absolute atomic E-state index is 0.167. The Morgan fingerprint density at radius 1 is 1.56 bits per heavy atom. The van der Waals surface area contributed by atoms with Crippen LogP contribution in [0.2, 0.25) is 0 Å². The van der Waals surface area contributed by atoms with Crippen molar-refractivity contribution in [3.8, 4) is 0 Å². The van der Waals surface area contributed by atoms with Crippen LogP contribution in [0.3, 0.4) is 0 Å². The fraction of sp³-hybridized carbons (Fsp3) is 0.889. The van der Waals surface area contributed by atoms with Gasteiger partial charge in [-0.05, 0) is 6.92 Å². The third kappa shape index (κ3) is 4.80. The van der Waals surface area contributed by atoms with Crippen molar-refractivity contribution >= 4 is 5.91 Å².